The van der Waals surface area contributed by atoms with Gasteiger partial charge in [0.15, 0.2) is 0 Å². The van der Waals surface area contributed by atoms with E-state index in [1.807, 2.05) is 36.4 Å². The van der Waals surface area contributed by atoms with Gasteiger partial charge in [-0.3, -0.25) is 0 Å². The first-order valence-corrected chi connectivity index (χ1v) is 17.9. The van der Waals surface area contributed by atoms with Crippen LogP contribution in [0.4, 0.5) is 17.1 Å². The standard InChI is InChI=1S/C49H30N2O2/c1-2-10-31(11-3-1)32-18-22-34(23-19-32)51(36-26-27-39-37-12-5-8-16-44(37)52-46(39)30-36)35-24-20-33(21-25-35)48-42-29-28-40-38-13-6-9-17-45(38)53-49(40)47(42)41-14-4-7-15-43(41)50-48/h1-30H. The van der Waals surface area contributed by atoms with Crippen molar-refractivity contribution in [1.82, 2.24) is 4.98 Å². The van der Waals surface area contributed by atoms with E-state index >= 15 is 0 Å². The van der Waals surface area contributed by atoms with Gasteiger partial charge in [-0.2, -0.15) is 0 Å². The van der Waals surface area contributed by atoms with Gasteiger partial charge in [0, 0.05) is 66.4 Å². The van der Waals surface area contributed by atoms with Gasteiger partial charge >= 0.3 is 0 Å². The summed E-state index contributed by atoms with van der Waals surface area (Å²) in [6.45, 7) is 0. The number of pyridine rings is 1. The van der Waals surface area contributed by atoms with Crippen LogP contribution in [0, 0.1) is 0 Å². The van der Waals surface area contributed by atoms with Crippen molar-refractivity contribution in [3.05, 3.63) is 182 Å². The molecule has 0 aliphatic heterocycles. The van der Waals surface area contributed by atoms with Crippen LogP contribution in [0.1, 0.15) is 0 Å². The summed E-state index contributed by atoms with van der Waals surface area (Å²) >= 11 is 0. The fourth-order valence-corrected chi connectivity index (χ4v) is 7.94. The number of hydrogen-bond donors (Lipinski definition) is 0. The lowest BCUT2D eigenvalue weighted by molar-refractivity contribution is 0.669. The average Bonchev–Trinajstić information content (AvgIpc) is 3.80. The van der Waals surface area contributed by atoms with Crippen molar-refractivity contribution in [3.63, 3.8) is 0 Å². The maximum Gasteiger partial charge on any atom is 0.144 e. The first-order chi connectivity index (χ1) is 26.3. The zero-order valence-electron chi connectivity index (χ0n) is 28.5. The molecule has 0 bridgehead atoms. The molecule has 0 amide bonds. The molecule has 0 N–H and O–H groups in total. The maximum atomic E-state index is 6.56. The lowest BCUT2D eigenvalue weighted by Gasteiger charge is -2.26. The number of benzene rings is 8. The smallest absolute Gasteiger partial charge is 0.144 e. The highest BCUT2D eigenvalue weighted by molar-refractivity contribution is 6.24. The molecular formula is C49H30N2O2. The van der Waals surface area contributed by atoms with Gasteiger partial charge in [-0.25, -0.2) is 4.98 Å². The fraction of sp³-hybridized carbons (Fsp3) is 0. The molecule has 0 atom stereocenters. The van der Waals surface area contributed by atoms with Crippen molar-refractivity contribution < 1.29 is 8.83 Å². The van der Waals surface area contributed by atoms with Gasteiger partial charge in [-0.05, 0) is 71.8 Å². The van der Waals surface area contributed by atoms with Gasteiger partial charge in [0.05, 0.1) is 11.2 Å². The Kier molecular flexibility index (Phi) is 6.52. The van der Waals surface area contributed by atoms with E-state index in [-0.39, 0.29) is 0 Å². The third-order valence-electron chi connectivity index (χ3n) is 10.5. The summed E-state index contributed by atoms with van der Waals surface area (Å²) in [6.07, 6.45) is 0. The highest BCUT2D eigenvalue weighted by Gasteiger charge is 2.19. The lowest BCUT2D eigenvalue weighted by atomic mass is 9.97. The number of nitrogens with zero attached hydrogens (tertiary/aromatic N) is 2. The van der Waals surface area contributed by atoms with E-state index in [4.69, 9.17) is 13.8 Å². The molecule has 0 radical (unpaired) electrons. The molecule has 0 spiro atoms. The van der Waals surface area contributed by atoms with E-state index in [1.54, 1.807) is 0 Å². The maximum absolute atomic E-state index is 6.56. The fourth-order valence-electron chi connectivity index (χ4n) is 7.94. The van der Waals surface area contributed by atoms with Crippen LogP contribution in [0.15, 0.2) is 191 Å². The molecule has 0 unspecified atom stereocenters. The SMILES string of the molecule is c1ccc(-c2ccc(N(c3ccc(-c4nc5ccccc5c5c4ccc4c6ccccc6oc45)cc3)c3ccc4c(c3)oc3ccccc34)cc2)cc1. The van der Waals surface area contributed by atoms with Gasteiger partial charge in [0.2, 0.25) is 0 Å². The van der Waals surface area contributed by atoms with Gasteiger partial charge in [-0.1, -0.05) is 115 Å². The van der Waals surface area contributed by atoms with Crippen LogP contribution in [-0.4, -0.2) is 4.98 Å². The Labute approximate surface area is 304 Å². The van der Waals surface area contributed by atoms with Crippen LogP contribution in [0.2, 0.25) is 0 Å². The van der Waals surface area contributed by atoms with Crippen LogP contribution in [0.25, 0.3) is 87.9 Å². The second-order valence-corrected chi connectivity index (χ2v) is 13.5. The summed E-state index contributed by atoms with van der Waals surface area (Å²) in [5.74, 6) is 0. The molecule has 0 saturated heterocycles. The lowest BCUT2D eigenvalue weighted by Crippen LogP contribution is -2.09. The topological polar surface area (TPSA) is 42.4 Å². The summed E-state index contributed by atoms with van der Waals surface area (Å²) in [7, 11) is 0. The van der Waals surface area contributed by atoms with Crippen molar-refractivity contribution >= 4 is 82.6 Å². The second kappa shape index (κ2) is 11.7. The molecule has 11 aromatic rings. The molecule has 11 rings (SSSR count). The Bertz CT molecular complexity index is 3160. The summed E-state index contributed by atoms with van der Waals surface area (Å²) in [6, 6.07) is 63.7. The number of anilines is 3. The average molecular weight is 679 g/mol. The number of fused-ring (bicyclic) bond motifs is 10. The Morgan fingerprint density at radius 3 is 1.64 bits per heavy atom. The monoisotopic (exact) mass is 678 g/mol. The molecule has 248 valence electrons. The van der Waals surface area contributed by atoms with E-state index in [2.05, 4.69) is 150 Å². The predicted molar refractivity (Wildman–Crippen MR) is 219 cm³/mol. The largest absolute Gasteiger partial charge is 0.456 e. The normalized spacial score (nSPS) is 11.8. The zero-order chi connectivity index (χ0) is 34.9. The van der Waals surface area contributed by atoms with E-state index in [9.17, 15) is 0 Å². The summed E-state index contributed by atoms with van der Waals surface area (Å²) in [4.78, 5) is 7.54. The molecular weight excluding hydrogens is 649 g/mol. The van der Waals surface area contributed by atoms with Crippen LogP contribution in [0.5, 0.6) is 0 Å². The van der Waals surface area contributed by atoms with Crippen LogP contribution < -0.4 is 4.90 Å². The molecule has 0 aliphatic carbocycles. The van der Waals surface area contributed by atoms with Gasteiger partial charge < -0.3 is 13.7 Å². The second-order valence-electron chi connectivity index (χ2n) is 13.5. The Morgan fingerprint density at radius 2 is 0.887 bits per heavy atom. The molecule has 4 nitrogen and oxygen atoms in total. The number of para-hydroxylation sites is 3. The number of aromatic nitrogens is 1. The van der Waals surface area contributed by atoms with Crippen molar-refractivity contribution in [2.24, 2.45) is 0 Å². The molecule has 0 saturated carbocycles. The predicted octanol–water partition coefficient (Wildman–Crippen LogP) is 14.0. The third-order valence-corrected chi connectivity index (χ3v) is 10.5. The van der Waals surface area contributed by atoms with Gasteiger partial charge in [0.25, 0.3) is 0 Å². The van der Waals surface area contributed by atoms with E-state index in [0.717, 1.165) is 93.9 Å². The van der Waals surface area contributed by atoms with Gasteiger partial charge in [-0.15, -0.1) is 0 Å². The first-order valence-electron chi connectivity index (χ1n) is 17.9. The molecule has 53 heavy (non-hydrogen) atoms. The molecule has 8 aromatic carbocycles. The van der Waals surface area contributed by atoms with E-state index in [1.165, 1.54) is 11.1 Å². The van der Waals surface area contributed by atoms with E-state index < -0.39 is 0 Å². The minimum absolute atomic E-state index is 0.856. The quantitative estimate of drug-likeness (QED) is 0.170. The van der Waals surface area contributed by atoms with Crippen molar-refractivity contribution in [2.75, 3.05) is 4.90 Å². The van der Waals surface area contributed by atoms with Gasteiger partial charge in [0.1, 0.15) is 22.3 Å². The first kappa shape index (κ1) is 29.5. The minimum atomic E-state index is 0.856. The number of furan rings is 2. The van der Waals surface area contributed by atoms with E-state index in [0.29, 0.717) is 0 Å². The van der Waals surface area contributed by atoms with Crippen LogP contribution in [-0.2, 0) is 0 Å². The van der Waals surface area contributed by atoms with Crippen molar-refractivity contribution in [1.29, 1.82) is 0 Å². The molecule has 3 aromatic heterocycles. The number of rotatable bonds is 5. The zero-order valence-corrected chi connectivity index (χ0v) is 28.5. The molecule has 0 fully saturated rings. The van der Waals surface area contributed by atoms with Crippen molar-refractivity contribution in [3.8, 4) is 22.4 Å². The summed E-state index contributed by atoms with van der Waals surface area (Å²) in [5.41, 5.74) is 11.9. The number of hydrogen-bond acceptors (Lipinski definition) is 4. The summed E-state index contributed by atoms with van der Waals surface area (Å²) in [5, 5.41) is 7.68. The molecule has 0 aliphatic rings. The van der Waals surface area contributed by atoms with Crippen LogP contribution >= 0.6 is 0 Å². The molecule has 3 heterocycles. The Balaban J connectivity index is 1.07. The van der Waals surface area contributed by atoms with Crippen LogP contribution in [0.3, 0.4) is 0 Å². The minimum Gasteiger partial charge on any atom is -0.456 e. The highest BCUT2D eigenvalue weighted by Crippen LogP contribution is 2.43. The third kappa shape index (κ3) is 4.73. The summed E-state index contributed by atoms with van der Waals surface area (Å²) < 4.78 is 12.9. The van der Waals surface area contributed by atoms with Crippen molar-refractivity contribution in [2.45, 2.75) is 0 Å². The Hall–Kier alpha value is -7.17. The Morgan fingerprint density at radius 1 is 0.358 bits per heavy atom. The molecule has 4 heteroatoms. The highest BCUT2D eigenvalue weighted by atomic mass is 16.3.